The molecule has 8 nitrogen and oxygen atoms in total. The molecule has 1 N–H and O–H groups in total. The fourth-order valence-corrected chi connectivity index (χ4v) is 5.49. The predicted octanol–water partition coefficient (Wildman–Crippen LogP) is 3.59. The zero-order chi connectivity index (χ0) is 22.8. The Hall–Kier alpha value is -2.04. The zero-order valence-corrected chi connectivity index (χ0v) is 19.5. The molecule has 1 amide bonds. The first-order valence-corrected chi connectivity index (χ1v) is 11.5. The Labute approximate surface area is 191 Å². The van der Waals surface area contributed by atoms with Gasteiger partial charge in [0.25, 0.3) is 5.91 Å². The number of amides is 1. The fraction of sp³-hybridized carbons (Fsp3) is 0.350. The monoisotopic (exact) mass is 488 g/mol. The number of methoxy groups -OCH3 is 2. The van der Waals surface area contributed by atoms with Crippen LogP contribution in [0.25, 0.3) is 0 Å². The average Bonchev–Trinajstić information content (AvgIpc) is 2.73. The van der Waals surface area contributed by atoms with Crippen molar-refractivity contribution in [2.45, 2.75) is 11.8 Å². The number of carbonyl (C=O) groups is 1. The van der Waals surface area contributed by atoms with Crippen molar-refractivity contribution < 1.29 is 27.4 Å². The molecule has 168 valence electrons. The molecule has 1 saturated heterocycles. The Morgan fingerprint density at radius 1 is 1.06 bits per heavy atom. The number of ether oxygens (including phenoxy) is 3. The standard InChI is InChI=1S/C20H22Cl2N2O6S/c1-12-8-13(9-17(28-2)19(12)29-3)23-20(25)14-10-18(16(22)11-15(14)21)31(26,27)24-4-6-30-7-5-24/h8-11H,4-7H2,1-3H3,(H,23,25). The number of sulfonamides is 1. The molecular weight excluding hydrogens is 467 g/mol. The molecule has 0 bridgehead atoms. The molecule has 0 aliphatic carbocycles. The van der Waals surface area contributed by atoms with Gasteiger partial charge in [0, 0.05) is 24.8 Å². The van der Waals surface area contributed by atoms with Crippen molar-refractivity contribution in [1.82, 2.24) is 4.31 Å². The maximum absolute atomic E-state index is 13.0. The van der Waals surface area contributed by atoms with E-state index >= 15 is 0 Å². The van der Waals surface area contributed by atoms with Gasteiger partial charge in [-0.05, 0) is 30.7 Å². The third-order valence-corrected chi connectivity index (χ3v) is 7.45. The van der Waals surface area contributed by atoms with Crippen molar-refractivity contribution in [2.75, 3.05) is 45.8 Å². The van der Waals surface area contributed by atoms with E-state index in [1.54, 1.807) is 19.1 Å². The number of benzene rings is 2. The third-order valence-electron chi connectivity index (χ3n) is 4.78. The molecule has 1 aliphatic rings. The zero-order valence-electron chi connectivity index (χ0n) is 17.2. The Morgan fingerprint density at radius 3 is 2.35 bits per heavy atom. The Balaban J connectivity index is 1.95. The van der Waals surface area contributed by atoms with Crippen LogP contribution in [0.2, 0.25) is 10.0 Å². The maximum atomic E-state index is 13.0. The van der Waals surface area contributed by atoms with Crippen LogP contribution in [0.4, 0.5) is 5.69 Å². The molecule has 1 aliphatic heterocycles. The lowest BCUT2D eigenvalue weighted by molar-refractivity contribution is 0.0730. The summed E-state index contributed by atoms with van der Waals surface area (Å²) in [4.78, 5) is 12.7. The fourth-order valence-electron chi connectivity index (χ4n) is 3.25. The number of aryl methyl sites for hydroxylation is 1. The number of hydrogen-bond donors (Lipinski definition) is 1. The topological polar surface area (TPSA) is 94.2 Å². The summed E-state index contributed by atoms with van der Waals surface area (Å²) >= 11 is 12.4. The van der Waals surface area contributed by atoms with Crippen LogP contribution in [0.3, 0.4) is 0 Å². The second-order valence-corrected chi connectivity index (χ2v) is 9.48. The van der Waals surface area contributed by atoms with E-state index in [9.17, 15) is 13.2 Å². The SMILES string of the molecule is COc1cc(NC(=O)c2cc(S(=O)(=O)N3CCOCC3)c(Cl)cc2Cl)cc(C)c1OC. The number of carbonyl (C=O) groups excluding carboxylic acids is 1. The minimum absolute atomic E-state index is 0.0228. The minimum atomic E-state index is -3.92. The van der Waals surface area contributed by atoms with Gasteiger partial charge in [0.15, 0.2) is 11.5 Å². The van der Waals surface area contributed by atoms with Gasteiger partial charge in [-0.3, -0.25) is 4.79 Å². The van der Waals surface area contributed by atoms with Crippen LogP contribution >= 0.6 is 23.2 Å². The smallest absolute Gasteiger partial charge is 0.257 e. The summed E-state index contributed by atoms with van der Waals surface area (Å²) in [5.41, 5.74) is 1.16. The molecule has 0 atom stereocenters. The highest BCUT2D eigenvalue weighted by Crippen LogP contribution is 2.35. The first-order valence-electron chi connectivity index (χ1n) is 9.30. The van der Waals surface area contributed by atoms with Gasteiger partial charge in [-0.25, -0.2) is 8.42 Å². The largest absolute Gasteiger partial charge is 0.493 e. The van der Waals surface area contributed by atoms with E-state index < -0.39 is 15.9 Å². The number of nitrogens with one attached hydrogen (secondary N) is 1. The van der Waals surface area contributed by atoms with Crippen molar-refractivity contribution in [3.63, 3.8) is 0 Å². The molecule has 0 unspecified atom stereocenters. The molecule has 0 radical (unpaired) electrons. The lowest BCUT2D eigenvalue weighted by Crippen LogP contribution is -2.40. The van der Waals surface area contributed by atoms with Crippen molar-refractivity contribution >= 4 is 44.8 Å². The molecular formula is C20H22Cl2N2O6S. The van der Waals surface area contributed by atoms with Crippen LogP contribution in [0.5, 0.6) is 11.5 Å². The van der Waals surface area contributed by atoms with E-state index in [0.29, 0.717) is 17.2 Å². The van der Waals surface area contributed by atoms with Crippen LogP contribution in [-0.2, 0) is 14.8 Å². The van der Waals surface area contributed by atoms with Gasteiger partial charge in [-0.15, -0.1) is 0 Å². The van der Waals surface area contributed by atoms with E-state index in [-0.39, 0.29) is 46.8 Å². The first-order chi connectivity index (χ1) is 14.7. The second-order valence-electron chi connectivity index (χ2n) is 6.76. The van der Waals surface area contributed by atoms with E-state index in [0.717, 1.165) is 5.56 Å². The van der Waals surface area contributed by atoms with Crippen molar-refractivity contribution in [3.05, 3.63) is 45.4 Å². The number of rotatable bonds is 6. The summed E-state index contributed by atoms with van der Waals surface area (Å²) in [6.07, 6.45) is 0. The summed E-state index contributed by atoms with van der Waals surface area (Å²) in [6.45, 7) is 2.79. The summed E-state index contributed by atoms with van der Waals surface area (Å²) < 4.78 is 43.1. The molecule has 1 heterocycles. The van der Waals surface area contributed by atoms with E-state index in [1.807, 2.05) is 0 Å². The van der Waals surface area contributed by atoms with Gasteiger partial charge in [0.1, 0.15) is 4.90 Å². The molecule has 3 rings (SSSR count). The highest BCUT2D eigenvalue weighted by molar-refractivity contribution is 7.89. The minimum Gasteiger partial charge on any atom is -0.493 e. The van der Waals surface area contributed by atoms with Crippen LogP contribution in [0.15, 0.2) is 29.2 Å². The van der Waals surface area contributed by atoms with Gasteiger partial charge in [0.2, 0.25) is 10.0 Å². The first kappa shape index (κ1) is 23.6. The van der Waals surface area contributed by atoms with E-state index in [1.165, 1.54) is 30.7 Å². The molecule has 31 heavy (non-hydrogen) atoms. The number of halogens is 2. The molecule has 1 fully saturated rings. The Kier molecular flexibility index (Phi) is 7.33. The molecule has 0 spiro atoms. The van der Waals surface area contributed by atoms with Gasteiger partial charge in [-0.2, -0.15) is 4.31 Å². The van der Waals surface area contributed by atoms with Crippen molar-refractivity contribution in [2.24, 2.45) is 0 Å². The second kappa shape index (κ2) is 9.62. The van der Waals surface area contributed by atoms with Gasteiger partial charge >= 0.3 is 0 Å². The number of morpholine rings is 1. The van der Waals surface area contributed by atoms with Gasteiger partial charge in [-0.1, -0.05) is 23.2 Å². The van der Waals surface area contributed by atoms with Crippen molar-refractivity contribution in [3.8, 4) is 11.5 Å². The molecule has 0 saturated carbocycles. The van der Waals surface area contributed by atoms with Crippen LogP contribution < -0.4 is 14.8 Å². The Morgan fingerprint density at radius 2 is 1.74 bits per heavy atom. The number of anilines is 1. The summed E-state index contributed by atoms with van der Waals surface area (Å²) in [6, 6.07) is 5.75. The summed E-state index contributed by atoms with van der Waals surface area (Å²) in [7, 11) is -0.910. The van der Waals surface area contributed by atoms with Gasteiger partial charge in [0.05, 0.1) is 43.0 Å². The van der Waals surface area contributed by atoms with Crippen LogP contribution in [-0.4, -0.2) is 59.2 Å². The van der Waals surface area contributed by atoms with Gasteiger partial charge < -0.3 is 19.5 Å². The quantitative estimate of drug-likeness (QED) is 0.667. The molecule has 2 aromatic rings. The predicted molar refractivity (Wildman–Crippen MR) is 118 cm³/mol. The average molecular weight is 489 g/mol. The number of hydrogen-bond acceptors (Lipinski definition) is 6. The van der Waals surface area contributed by atoms with Crippen LogP contribution in [0, 0.1) is 6.92 Å². The molecule has 0 aromatic heterocycles. The van der Waals surface area contributed by atoms with E-state index in [2.05, 4.69) is 5.32 Å². The summed E-state index contributed by atoms with van der Waals surface area (Å²) in [5, 5.41) is 2.68. The lowest BCUT2D eigenvalue weighted by Gasteiger charge is -2.26. The lowest BCUT2D eigenvalue weighted by atomic mass is 10.1. The molecule has 2 aromatic carbocycles. The normalized spacial score (nSPS) is 14.9. The highest BCUT2D eigenvalue weighted by atomic mass is 35.5. The maximum Gasteiger partial charge on any atom is 0.257 e. The summed E-state index contributed by atoms with van der Waals surface area (Å²) in [5.74, 6) is 0.395. The Bertz CT molecular complexity index is 1100. The van der Waals surface area contributed by atoms with E-state index in [4.69, 9.17) is 37.4 Å². The molecule has 11 heteroatoms. The third kappa shape index (κ3) is 4.91. The number of nitrogens with zero attached hydrogens (tertiary/aromatic N) is 1. The van der Waals surface area contributed by atoms with Crippen molar-refractivity contribution in [1.29, 1.82) is 0 Å². The highest BCUT2D eigenvalue weighted by Gasteiger charge is 2.30. The van der Waals surface area contributed by atoms with Crippen LogP contribution in [0.1, 0.15) is 15.9 Å².